The molecule has 2 aromatic heterocycles. The number of aromatic amines is 1. The molecule has 22 heavy (non-hydrogen) atoms. The van der Waals surface area contributed by atoms with Crippen LogP contribution in [-0.2, 0) is 7.05 Å². The van der Waals surface area contributed by atoms with Crippen molar-refractivity contribution >= 4 is 0 Å². The van der Waals surface area contributed by atoms with Crippen LogP contribution >= 0.6 is 0 Å². The van der Waals surface area contributed by atoms with Crippen LogP contribution in [-0.4, -0.2) is 9.55 Å². The third-order valence-corrected chi connectivity index (χ3v) is 3.73. The molecule has 0 saturated heterocycles. The largest absolute Gasteiger partial charge is 0.351 e. The molecule has 1 N–H and O–H groups in total. The van der Waals surface area contributed by atoms with Crippen molar-refractivity contribution in [1.29, 1.82) is 5.26 Å². The van der Waals surface area contributed by atoms with Crippen molar-refractivity contribution in [3.63, 3.8) is 0 Å². The fourth-order valence-corrected chi connectivity index (χ4v) is 2.50. The number of nitriles is 1. The highest BCUT2D eigenvalue weighted by Crippen LogP contribution is 2.26. The van der Waals surface area contributed by atoms with Crippen LogP contribution in [0.1, 0.15) is 11.1 Å². The summed E-state index contributed by atoms with van der Waals surface area (Å²) in [7, 11) is 1.89. The van der Waals surface area contributed by atoms with Crippen LogP contribution in [0.4, 0.5) is 0 Å². The van der Waals surface area contributed by atoms with Crippen molar-refractivity contribution in [2.75, 3.05) is 0 Å². The summed E-state index contributed by atoms with van der Waals surface area (Å²) in [5, 5.41) is 9.31. The average molecular weight is 289 g/mol. The first kappa shape index (κ1) is 13.9. The number of benzene rings is 1. The van der Waals surface area contributed by atoms with Gasteiger partial charge in [-0.3, -0.25) is 4.79 Å². The van der Waals surface area contributed by atoms with E-state index < -0.39 is 0 Å². The van der Waals surface area contributed by atoms with Gasteiger partial charge in [0.1, 0.15) is 11.6 Å². The highest BCUT2D eigenvalue weighted by atomic mass is 16.1. The molecular weight excluding hydrogens is 274 g/mol. The van der Waals surface area contributed by atoms with E-state index in [0.29, 0.717) is 11.3 Å². The van der Waals surface area contributed by atoms with Gasteiger partial charge in [0.2, 0.25) is 0 Å². The molecule has 1 aromatic carbocycles. The van der Waals surface area contributed by atoms with Gasteiger partial charge in [-0.25, -0.2) is 0 Å². The number of H-pyrrole nitrogens is 1. The lowest BCUT2D eigenvalue weighted by atomic mass is 10.0. The molecule has 0 bridgehead atoms. The Hall–Kier alpha value is -3.06. The number of hydrogen-bond acceptors (Lipinski definition) is 2. The van der Waals surface area contributed by atoms with Crippen molar-refractivity contribution in [3.05, 3.63) is 70.1 Å². The number of nitrogens with one attached hydrogen (secondary N) is 1. The zero-order chi connectivity index (χ0) is 15.7. The van der Waals surface area contributed by atoms with Crippen molar-refractivity contribution in [1.82, 2.24) is 9.55 Å². The minimum Gasteiger partial charge on any atom is -0.351 e. The number of aryl methyl sites for hydroxylation is 2. The Morgan fingerprint density at radius 1 is 1.18 bits per heavy atom. The summed E-state index contributed by atoms with van der Waals surface area (Å²) in [4.78, 5) is 15.0. The molecule has 2 heterocycles. The average Bonchev–Trinajstić information content (AvgIpc) is 2.93. The summed E-state index contributed by atoms with van der Waals surface area (Å²) >= 11 is 0. The Morgan fingerprint density at radius 2 is 1.91 bits per heavy atom. The predicted octanol–water partition coefficient (Wildman–Crippen LogP) is 3.23. The normalized spacial score (nSPS) is 10.4. The second-order valence-electron chi connectivity index (χ2n) is 5.28. The molecular formula is C18H15N3O. The molecule has 108 valence electrons. The molecule has 0 aliphatic rings. The van der Waals surface area contributed by atoms with Gasteiger partial charge in [-0.1, -0.05) is 29.8 Å². The molecule has 0 unspecified atom stereocenters. The first-order chi connectivity index (χ1) is 10.6. The quantitative estimate of drug-likeness (QED) is 0.787. The molecule has 4 heteroatoms. The van der Waals surface area contributed by atoms with Crippen LogP contribution in [0, 0.1) is 18.3 Å². The Labute approximate surface area is 128 Å². The molecule has 0 aliphatic carbocycles. The van der Waals surface area contributed by atoms with Crippen LogP contribution in [0.3, 0.4) is 0 Å². The Bertz CT molecular complexity index is 924. The van der Waals surface area contributed by atoms with Crippen molar-refractivity contribution < 1.29 is 0 Å². The Balaban J connectivity index is 2.26. The summed E-state index contributed by atoms with van der Waals surface area (Å²) in [6, 6.07) is 15.6. The van der Waals surface area contributed by atoms with Crippen LogP contribution in [0.25, 0.3) is 22.5 Å². The van der Waals surface area contributed by atoms with Gasteiger partial charge in [0.15, 0.2) is 0 Å². The maximum atomic E-state index is 12.3. The fourth-order valence-electron chi connectivity index (χ4n) is 2.50. The standard InChI is InChI=1S/C18H15N3O/c1-12-5-7-13(8-6-12)16-10-14(15(11-19)18(22)20-16)17-4-3-9-21(17)2/h3-10H,1-2H3,(H,20,22). The van der Waals surface area contributed by atoms with Crippen LogP contribution in [0.2, 0.25) is 0 Å². The smallest absolute Gasteiger partial charge is 0.267 e. The molecule has 0 atom stereocenters. The zero-order valence-corrected chi connectivity index (χ0v) is 12.4. The zero-order valence-electron chi connectivity index (χ0n) is 12.4. The van der Waals surface area contributed by atoms with Crippen molar-refractivity contribution in [2.45, 2.75) is 6.92 Å². The van der Waals surface area contributed by atoms with Crippen LogP contribution in [0.15, 0.2) is 53.5 Å². The lowest BCUT2D eigenvalue weighted by Crippen LogP contribution is -2.13. The maximum absolute atomic E-state index is 12.3. The molecule has 4 nitrogen and oxygen atoms in total. The molecule has 0 spiro atoms. The third kappa shape index (κ3) is 2.33. The molecule has 3 aromatic rings. The van der Waals surface area contributed by atoms with E-state index >= 15 is 0 Å². The topological polar surface area (TPSA) is 61.6 Å². The minimum atomic E-state index is -0.364. The maximum Gasteiger partial charge on any atom is 0.267 e. The van der Waals surface area contributed by atoms with Crippen molar-refractivity contribution in [2.24, 2.45) is 7.05 Å². The summed E-state index contributed by atoms with van der Waals surface area (Å²) in [5.74, 6) is 0. The van der Waals surface area contributed by atoms with Crippen molar-refractivity contribution in [3.8, 4) is 28.6 Å². The lowest BCUT2D eigenvalue weighted by molar-refractivity contribution is 0.935. The summed E-state index contributed by atoms with van der Waals surface area (Å²) in [5.41, 5.74) is 4.05. The van der Waals surface area contributed by atoms with Gasteiger partial charge in [0, 0.05) is 30.2 Å². The Morgan fingerprint density at radius 3 is 2.50 bits per heavy atom. The summed E-state index contributed by atoms with van der Waals surface area (Å²) in [6.07, 6.45) is 1.89. The third-order valence-electron chi connectivity index (χ3n) is 3.73. The molecule has 0 fully saturated rings. The van der Waals surface area contributed by atoms with Crippen LogP contribution < -0.4 is 5.56 Å². The first-order valence-electron chi connectivity index (χ1n) is 6.96. The van der Waals surface area contributed by atoms with Gasteiger partial charge in [-0.15, -0.1) is 0 Å². The highest BCUT2D eigenvalue weighted by molar-refractivity contribution is 5.73. The number of aromatic nitrogens is 2. The first-order valence-corrected chi connectivity index (χ1v) is 6.96. The summed E-state index contributed by atoms with van der Waals surface area (Å²) in [6.45, 7) is 2.01. The summed E-state index contributed by atoms with van der Waals surface area (Å²) < 4.78 is 1.90. The second kappa shape index (κ2) is 5.38. The highest BCUT2D eigenvalue weighted by Gasteiger charge is 2.14. The van der Waals surface area contributed by atoms with Crippen LogP contribution in [0.5, 0.6) is 0 Å². The van der Waals surface area contributed by atoms with Gasteiger partial charge in [0.05, 0.1) is 0 Å². The second-order valence-corrected chi connectivity index (χ2v) is 5.28. The molecule has 0 amide bonds. The van der Waals surface area contributed by atoms with E-state index in [-0.39, 0.29) is 11.1 Å². The van der Waals surface area contributed by atoms with Gasteiger partial charge in [-0.05, 0) is 30.7 Å². The monoisotopic (exact) mass is 289 g/mol. The number of pyridine rings is 1. The van der Waals surface area contributed by atoms with E-state index in [9.17, 15) is 10.1 Å². The molecule has 0 aliphatic heterocycles. The predicted molar refractivity (Wildman–Crippen MR) is 86.4 cm³/mol. The minimum absolute atomic E-state index is 0.137. The fraction of sp³-hybridized carbons (Fsp3) is 0.111. The van der Waals surface area contributed by atoms with E-state index in [2.05, 4.69) is 4.98 Å². The molecule has 0 saturated carbocycles. The van der Waals surface area contributed by atoms with E-state index in [0.717, 1.165) is 16.8 Å². The van der Waals surface area contributed by atoms with E-state index in [1.807, 2.05) is 73.3 Å². The lowest BCUT2D eigenvalue weighted by Gasteiger charge is -2.09. The molecule has 3 rings (SSSR count). The van der Waals surface area contributed by atoms with Gasteiger partial charge in [0.25, 0.3) is 5.56 Å². The van der Waals surface area contributed by atoms with Gasteiger partial charge in [-0.2, -0.15) is 5.26 Å². The van der Waals surface area contributed by atoms with E-state index in [4.69, 9.17) is 0 Å². The number of nitrogens with zero attached hydrogens (tertiary/aromatic N) is 2. The molecule has 0 radical (unpaired) electrons. The number of rotatable bonds is 2. The Kier molecular flexibility index (Phi) is 3.40. The van der Waals surface area contributed by atoms with E-state index in [1.54, 1.807) is 0 Å². The SMILES string of the molecule is Cc1ccc(-c2cc(-c3cccn3C)c(C#N)c(=O)[nH]2)cc1. The number of hydrogen-bond donors (Lipinski definition) is 1. The van der Waals surface area contributed by atoms with E-state index in [1.165, 1.54) is 0 Å². The van der Waals surface area contributed by atoms with Gasteiger partial charge < -0.3 is 9.55 Å². The van der Waals surface area contributed by atoms with Gasteiger partial charge >= 0.3 is 0 Å².